The molecular formula is C12H16FN3O2. The van der Waals surface area contributed by atoms with E-state index in [0.29, 0.717) is 5.69 Å². The maximum absolute atomic E-state index is 13.7. The molecule has 1 aliphatic rings. The maximum Gasteiger partial charge on any atom is 0.272 e. The lowest BCUT2D eigenvalue weighted by atomic mass is 9.99. The summed E-state index contributed by atoms with van der Waals surface area (Å²) in [5.74, 6) is -0.582. The third kappa shape index (κ3) is 2.76. The van der Waals surface area contributed by atoms with Crippen LogP contribution in [0.1, 0.15) is 19.8 Å². The number of nitro groups is 1. The molecule has 1 aliphatic heterocycles. The molecule has 0 radical (unpaired) electrons. The van der Waals surface area contributed by atoms with Crippen LogP contribution in [0.4, 0.5) is 15.8 Å². The molecule has 0 aromatic heterocycles. The van der Waals surface area contributed by atoms with Crippen LogP contribution in [0.3, 0.4) is 0 Å². The molecular weight excluding hydrogens is 237 g/mol. The van der Waals surface area contributed by atoms with Crippen molar-refractivity contribution in [1.82, 2.24) is 5.32 Å². The summed E-state index contributed by atoms with van der Waals surface area (Å²) in [6.45, 7) is 3.02. The maximum atomic E-state index is 13.7. The first kappa shape index (κ1) is 12.8. The normalized spacial score (nSPS) is 23.7. The predicted molar refractivity (Wildman–Crippen MR) is 67.2 cm³/mol. The lowest BCUT2D eigenvalue weighted by molar-refractivity contribution is -0.385. The van der Waals surface area contributed by atoms with Crippen LogP contribution in [0.2, 0.25) is 0 Å². The summed E-state index contributed by atoms with van der Waals surface area (Å²) in [6.07, 6.45) is 2.00. The van der Waals surface area contributed by atoms with E-state index in [1.54, 1.807) is 0 Å². The Hall–Kier alpha value is -1.69. The van der Waals surface area contributed by atoms with Crippen LogP contribution in [0.15, 0.2) is 18.2 Å². The van der Waals surface area contributed by atoms with Gasteiger partial charge < -0.3 is 10.6 Å². The fourth-order valence-electron chi connectivity index (χ4n) is 2.18. The van der Waals surface area contributed by atoms with E-state index >= 15 is 0 Å². The Labute approximate surface area is 105 Å². The number of nitro benzene ring substituents is 1. The molecule has 0 spiro atoms. The minimum Gasteiger partial charge on any atom is -0.378 e. The van der Waals surface area contributed by atoms with Gasteiger partial charge in [0.05, 0.1) is 16.7 Å². The van der Waals surface area contributed by atoms with Crippen molar-refractivity contribution >= 4 is 11.4 Å². The number of piperidine rings is 1. The van der Waals surface area contributed by atoms with Crippen LogP contribution >= 0.6 is 0 Å². The van der Waals surface area contributed by atoms with Crippen molar-refractivity contribution in [3.05, 3.63) is 34.1 Å². The molecule has 0 aliphatic carbocycles. The van der Waals surface area contributed by atoms with Gasteiger partial charge in [0, 0.05) is 18.2 Å². The fraction of sp³-hybridized carbons (Fsp3) is 0.500. The van der Waals surface area contributed by atoms with Gasteiger partial charge in [0.15, 0.2) is 5.82 Å². The van der Waals surface area contributed by atoms with Crippen molar-refractivity contribution in [1.29, 1.82) is 0 Å². The van der Waals surface area contributed by atoms with Crippen molar-refractivity contribution in [2.45, 2.75) is 31.8 Å². The van der Waals surface area contributed by atoms with E-state index < -0.39 is 10.7 Å². The summed E-state index contributed by atoms with van der Waals surface area (Å²) in [5, 5.41) is 16.9. The molecule has 6 heteroatoms. The number of nitrogens with zero attached hydrogens (tertiary/aromatic N) is 1. The van der Waals surface area contributed by atoms with E-state index in [9.17, 15) is 14.5 Å². The minimum atomic E-state index is -0.600. The molecule has 0 bridgehead atoms. The number of nitrogens with one attached hydrogen (secondary N) is 2. The van der Waals surface area contributed by atoms with Gasteiger partial charge in [0.1, 0.15) is 0 Å². The van der Waals surface area contributed by atoms with Gasteiger partial charge in [-0.2, -0.15) is 0 Å². The molecule has 18 heavy (non-hydrogen) atoms. The van der Waals surface area contributed by atoms with Gasteiger partial charge in [0.2, 0.25) is 0 Å². The zero-order valence-electron chi connectivity index (χ0n) is 10.1. The van der Waals surface area contributed by atoms with Gasteiger partial charge in [-0.3, -0.25) is 10.1 Å². The summed E-state index contributed by atoms with van der Waals surface area (Å²) in [7, 11) is 0. The summed E-state index contributed by atoms with van der Waals surface area (Å²) in [5.41, 5.74) is 0.0917. The standard InChI is InChI=1S/C12H16FN3O2/c1-8-11(3-2-6-14-8)15-12-5-4-9(16(17)18)7-10(12)13/h4-5,7-8,11,14-15H,2-3,6H2,1H3. The number of benzene rings is 1. The first-order valence-electron chi connectivity index (χ1n) is 6.02. The van der Waals surface area contributed by atoms with Gasteiger partial charge in [-0.05, 0) is 32.4 Å². The number of hydrogen-bond acceptors (Lipinski definition) is 4. The lowest BCUT2D eigenvalue weighted by Crippen LogP contribution is -2.46. The zero-order valence-corrected chi connectivity index (χ0v) is 10.1. The molecule has 2 unspecified atom stereocenters. The van der Waals surface area contributed by atoms with E-state index in [1.807, 2.05) is 6.92 Å². The largest absolute Gasteiger partial charge is 0.378 e. The van der Waals surface area contributed by atoms with E-state index in [-0.39, 0.29) is 17.8 Å². The van der Waals surface area contributed by atoms with E-state index in [1.165, 1.54) is 12.1 Å². The molecule has 5 nitrogen and oxygen atoms in total. The predicted octanol–water partition coefficient (Wildman–Crippen LogP) is 2.29. The average Bonchev–Trinajstić information content (AvgIpc) is 2.34. The summed E-state index contributed by atoms with van der Waals surface area (Å²) >= 11 is 0. The number of rotatable bonds is 3. The lowest BCUT2D eigenvalue weighted by Gasteiger charge is -2.31. The van der Waals surface area contributed by atoms with Gasteiger partial charge in [-0.15, -0.1) is 0 Å². The second-order valence-corrected chi connectivity index (χ2v) is 4.56. The highest BCUT2D eigenvalue weighted by Gasteiger charge is 2.22. The van der Waals surface area contributed by atoms with Crippen molar-refractivity contribution in [2.24, 2.45) is 0 Å². The van der Waals surface area contributed by atoms with Crippen LogP contribution in [0.25, 0.3) is 0 Å². The van der Waals surface area contributed by atoms with E-state index in [0.717, 1.165) is 25.5 Å². The SMILES string of the molecule is CC1NCCCC1Nc1ccc([N+](=O)[O-])cc1F. The fourth-order valence-corrected chi connectivity index (χ4v) is 2.18. The van der Waals surface area contributed by atoms with Crippen LogP contribution in [0, 0.1) is 15.9 Å². The number of halogens is 1. The Kier molecular flexibility index (Phi) is 3.76. The number of hydrogen-bond donors (Lipinski definition) is 2. The monoisotopic (exact) mass is 253 g/mol. The Morgan fingerprint density at radius 3 is 2.94 bits per heavy atom. The summed E-state index contributed by atoms with van der Waals surface area (Å²) in [4.78, 5) is 9.92. The highest BCUT2D eigenvalue weighted by Crippen LogP contribution is 2.23. The van der Waals surface area contributed by atoms with Gasteiger partial charge >= 0.3 is 0 Å². The number of non-ortho nitro benzene ring substituents is 1. The van der Waals surface area contributed by atoms with Crippen LogP contribution in [-0.4, -0.2) is 23.6 Å². The molecule has 2 rings (SSSR count). The second-order valence-electron chi connectivity index (χ2n) is 4.56. The Morgan fingerprint density at radius 1 is 1.56 bits per heavy atom. The minimum absolute atomic E-state index is 0.148. The Bertz CT molecular complexity index is 453. The van der Waals surface area contributed by atoms with Crippen molar-refractivity contribution < 1.29 is 9.31 Å². The van der Waals surface area contributed by atoms with Gasteiger partial charge in [-0.1, -0.05) is 0 Å². The second kappa shape index (κ2) is 5.30. The van der Waals surface area contributed by atoms with Crippen LogP contribution in [-0.2, 0) is 0 Å². The highest BCUT2D eigenvalue weighted by atomic mass is 19.1. The van der Waals surface area contributed by atoms with Crippen LogP contribution in [0.5, 0.6) is 0 Å². The molecule has 1 aromatic rings. The average molecular weight is 253 g/mol. The zero-order chi connectivity index (χ0) is 13.1. The van der Waals surface area contributed by atoms with Crippen molar-refractivity contribution in [3.8, 4) is 0 Å². The molecule has 98 valence electrons. The molecule has 1 saturated heterocycles. The third-order valence-electron chi connectivity index (χ3n) is 3.27. The molecule has 2 N–H and O–H groups in total. The molecule has 0 saturated carbocycles. The van der Waals surface area contributed by atoms with Crippen molar-refractivity contribution in [3.63, 3.8) is 0 Å². The number of anilines is 1. The summed E-state index contributed by atoms with van der Waals surface area (Å²) < 4.78 is 13.7. The molecule has 1 aromatic carbocycles. The van der Waals surface area contributed by atoms with Gasteiger partial charge in [-0.25, -0.2) is 4.39 Å². The molecule has 2 atom stereocenters. The Morgan fingerprint density at radius 2 is 2.33 bits per heavy atom. The Balaban J connectivity index is 2.11. The first-order valence-corrected chi connectivity index (χ1v) is 6.02. The molecule has 1 fully saturated rings. The first-order chi connectivity index (χ1) is 8.58. The van der Waals surface area contributed by atoms with E-state index in [2.05, 4.69) is 10.6 Å². The van der Waals surface area contributed by atoms with Gasteiger partial charge in [0.25, 0.3) is 5.69 Å². The molecule has 1 heterocycles. The smallest absolute Gasteiger partial charge is 0.272 e. The van der Waals surface area contributed by atoms with Crippen LogP contribution < -0.4 is 10.6 Å². The molecule has 0 amide bonds. The topological polar surface area (TPSA) is 67.2 Å². The quantitative estimate of drug-likeness (QED) is 0.640. The van der Waals surface area contributed by atoms with E-state index in [4.69, 9.17) is 0 Å². The third-order valence-corrected chi connectivity index (χ3v) is 3.27. The van der Waals surface area contributed by atoms with Crippen molar-refractivity contribution in [2.75, 3.05) is 11.9 Å². The summed E-state index contributed by atoms with van der Waals surface area (Å²) in [6, 6.07) is 4.09. The highest BCUT2D eigenvalue weighted by molar-refractivity contribution is 5.51.